The Morgan fingerprint density at radius 2 is 1.95 bits per heavy atom. The highest BCUT2D eigenvalue weighted by Gasteiger charge is 2.41. The molecule has 2 atom stereocenters. The average Bonchev–Trinajstić information content (AvgIpc) is 2.91. The minimum atomic E-state index is -0.279. The van der Waals surface area contributed by atoms with Gasteiger partial charge >= 0.3 is 0 Å². The number of hydrogen-bond donors (Lipinski definition) is 1. The molecule has 5 rings (SSSR count). The second-order valence-electron chi connectivity index (χ2n) is 6.56. The highest BCUT2D eigenvalue weighted by Crippen LogP contribution is 2.35. The monoisotopic (exact) mass is 284 g/mol. The van der Waals surface area contributed by atoms with Gasteiger partial charge in [-0.05, 0) is 47.3 Å². The molecule has 0 aromatic heterocycles. The minimum Gasteiger partial charge on any atom is -0.303 e. The first-order chi connectivity index (χ1) is 10.2. The highest BCUT2D eigenvalue weighted by atomic mass is 16.6. The lowest BCUT2D eigenvalue weighted by atomic mass is 9.79. The number of hydrogen-bond acceptors (Lipinski definition) is 3. The van der Waals surface area contributed by atoms with E-state index in [9.17, 15) is 5.21 Å². The van der Waals surface area contributed by atoms with Crippen molar-refractivity contribution in [3.05, 3.63) is 42.1 Å². The van der Waals surface area contributed by atoms with Crippen molar-refractivity contribution in [1.82, 2.24) is 4.90 Å². The molecule has 3 fully saturated rings. The lowest BCUT2D eigenvalue weighted by Gasteiger charge is -2.44. The Labute approximate surface area is 125 Å². The fourth-order valence-corrected chi connectivity index (χ4v) is 3.97. The fourth-order valence-electron chi connectivity index (χ4n) is 3.97. The molecule has 0 amide bonds. The van der Waals surface area contributed by atoms with Crippen LogP contribution in [0.5, 0.6) is 0 Å². The zero-order chi connectivity index (χ0) is 14.3. The van der Waals surface area contributed by atoms with Crippen molar-refractivity contribution >= 4 is 11.8 Å². The van der Waals surface area contributed by atoms with Crippen LogP contribution in [0.4, 0.5) is 0 Å². The van der Waals surface area contributed by atoms with E-state index in [1.54, 1.807) is 6.21 Å². The molecule has 0 spiro atoms. The lowest BCUT2D eigenvalue weighted by molar-refractivity contribution is -1.07. The average molecular weight is 284 g/mol. The smallest absolute Gasteiger partial charge is 0.166 e. The first-order valence-corrected chi connectivity index (χ1v) is 7.89. The Morgan fingerprint density at radius 1 is 1.19 bits per heavy atom. The van der Waals surface area contributed by atoms with Gasteiger partial charge in [-0.3, -0.25) is 0 Å². The molecule has 1 N–H and O–H groups in total. The highest BCUT2D eigenvalue weighted by molar-refractivity contribution is 6.10. The van der Waals surface area contributed by atoms with Crippen molar-refractivity contribution in [2.45, 2.75) is 12.8 Å². The molecule has 2 bridgehead atoms. The maximum Gasteiger partial charge on any atom is 0.166 e. The van der Waals surface area contributed by atoms with Crippen LogP contribution < -0.4 is 0 Å². The number of allylic oxidation sites excluding steroid dienone is 1. The van der Waals surface area contributed by atoms with Crippen LogP contribution in [0.15, 0.2) is 41.6 Å². The number of nitrogens with zero attached hydrogens (tertiary/aromatic N) is 3. The quantitative estimate of drug-likeness (QED) is 0.866. The summed E-state index contributed by atoms with van der Waals surface area (Å²) >= 11 is 0. The molecule has 21 heavy (non-hydrogen) atoms. The van der Waals surface area contributed by atoms with Crippen molar-refractivity contribution in [2.75, 3.05) is 26.2 Å². The Balaban J connectivity index is 1.51. The Morgan fingerprint density at radius 3 is 2.62 bits per heavy atom. The van der Waals surface area contributed by atoms with E-state index in [1.165, 1.54) is 25.9 Å². The van der Waals surface area contributed by atoms with Crippen molar-refractivity contribution < 1.29 is 9.96 Å². The molecule has 4 heteroatoms. The maximum atomic E-state index is 10.7. The third kappa shape index (κ3) is 2.55. The van der Waals surface area contributed by atoms with Gasteiger partial charge in [0.1, 0.15) is 12.8 Å². The Bertz CT molecular complexity index is 575. The van der Waals surface area contributed by atoms with E-state index in [1.807, 2.05) is 24.4 Å². The number of benzene rings is 1. The molecule has 4 aliphatic rings. The van der Waals surface area contributed by atoms with Crippen molar-refractivity contribution in [3.8, 4) is 0 Å². The van der Waals surface area contributed by atoms with Gasteiger partial charge in [-0.2, -0.15) is 5.21 Å². The number of hydroxylamine groups is 2. The summed E-state index contributed by atoms with van der Waals surface area (Å²) in [4.78, 5) is 2.53. The molecule has 4 aliphatic heterocycles. The molecule has 0 radical (unpaired) electrons. The Kier molecular flexibility index (Phi) is 3.17. The van der Waals surface area contributed by atoms with Crippen LogP contribution in [-0.4, -0.2) is 47.3 Å². The molecule has 110 valence electrons. The molecule has 0 aliphatic carbocycles. The second kappa shape index (κ2) is 5.05. The zero-order valence-corrected chi connectivity index (χ0v) is 12.2. The van der Waals surface area contributed by atoms with Gasteiger partial charge < -0.3 is 4.90 Å². The molecule has 1 aromatic rings. The lowest BCUT2D eigenvalue weighted by Crippen LogP contribution is -2.52. The molecular weight excluding hydrogens is 262 g/mol. The maximum absolute atomic E-state index is 10.7. The van der Waals surface area contributed by atoms with Gasteiger partial charge in [-0.1, -0.05) is 30.3 Å². The van der Waals surface area contributed by atoms with E-state index in [-0.39, 0.29) is 4.76 Å². The molecule has 0 saturated carbocycles. The Hall–Kier alpha value is -1.49. The predicted molar refractivity (Wildman–Crippen MR) is 82.5 cm³/mol. The van der Waals surface area contributed by atoms with Crippen molar-refractivity contribution in [1.29, 1.82) is 0 Å². The largest absolute Gasteiger partial charge is 0.303 e. The standard InChI is InChI=1S/C17H22N3O/c21-20(13-17-11-19-8-6-15(17)7-9-19)12-16(10-18-20)14-4-2-1-3-5-14/h1-5,10,12,15,17,21H,6-9,11,13H2/q+1. The summed E-state index contributed by atoms with van der Waals surface area (Å²) in [6, 6.07) is 10.2. The third-order valence-corrected chi connectivity index (χ3v) is 5.14. The summed E-state index contributed by atoms with van der Waals surface area (Å²) in [6.07, 6.45) is 6.25. The van der Waals surface area contributed by atoms with Gasteiger partial charge in [0.15, 0.2) is 6.20 Å². The van der Waals surface area contributed by atoms with E-state index in [4.69, 9.17) is 0 Å². The summed E-state index contributed by atoms with van der Waals surface area (Å²) in [6.45, 7) is 4.30. The van der Waals surface area contributed by atoms with Gasteiger partial charge in [-0.25, -0.2) is 0 Å². The number of rotatable bonds is 3. The summed E-state index contributed by atoms with van der Waals surface area (Å²) in [5.74, 6) is 1.32. The van der Waals surface area contributed by atoms with Crippen LogP contribution in [0, 0.1) is 11.8 Å². The summed E-state index contributed by atoms with van der Waals surface area (Å²) in [5.41, 5.74) is 2.13. The second-order valence-corrected chi connectivity index (χ2v) is 6.56. The number of piperidine rings is 3. The van der Waals surface area contributed by atoms with Crippen LogP contribution >= 0.6 is 0 Å². The SMILES string of the molecule is O[N+]1(CC2CN3CCC2CC3)C=C(c2ccccc2)C=N1. The van der Waals surface area contributed by atoms with Crippen molar-refractivity contribution in [3.63, 3.8) is 0 Å². The van der Waals surface area contributed by atoms with Crippen LogP contribution in [0.1, 0.15) is 18.4 Å². The fraction of sp³-hybridized carbons (Fsp3) is 0.471. The molecule has 3 saturated heterocycles. The molecular formula is C17H22N3O+. The van der Waals surface area contributed by atoms with Gasteiger partial charge in [0.2, 0.25) is 0 Å². The van der Waals surface area contributed by atoms with Gasteiger partial charge in [0, 0.05) is 12.5 Å². The van der Waals surface area contributed by atoms with E-state index in [0.717, 1.165) is 23.6 Å². The van der Waals surface area contributed by atoms with E-state index in [2.05, 4.69) is 22.1 Å². The van der Waals surface area contributed by atoms with Crippen LogP contribution in [0.25, 0.3) is 5.57 Å². The summed E-state index contributed by atoms with van der Waals surface area (Å²) < 4.78 is -0.279. The molecule has 4 nitrogen and oxygen atoms in total. The zero-order valence-electron chi connectivity index (χ0n) is 12.2. The van der Waals surface area contributed by atoms with Gasteiger partial charge in [-0.15, -0.1) is 0 Å². The van der Waals surface area contributed by atoms with Gasteiger partial charge in [0.25, 0.3) is 0 Å². The van der Waals surface area contributed by atoms with E-state index in [0.29, 0.717) is 12.5 Å². The summed E-state index contributed by atoms with van der Waals surface area (Å²) in [5, 5.41) is 15.1. The topological polar surface area (TPSA) is 35.8 Å². The van der Waals surface area contributed by atoms with Gasteiger partial charge in [0.05, 0.1) is 5.57 Å². The minimum absolute atomic E-state index is 0.279. The van der Waals surface area contributed by atoms with Crippen molar-refractivity contribution in [2.24, 2.45) is 16.9 Å². The number of fused-ring (bicyclic) bond motifs is 3. The molecule has 2 unspecified atom stereocenters. The van der Waals surface area contributed by atoms with Crippen LogP contribution in [0.3, 0.4) is 0 Å². The third-order valence-electron chi connectivity index (χ3n) is 5.14. The predicted octanol–water partition coefficient (Wildman–Crippen LogP) is 2.57. The van der Waals surface area contributed by atoms with Crippen LogP contribution in [-0.2, 0) is 0 Å². The first kappa shape index (κ1) is 13.2. The summed E-state index contributed by atoms with van der Waals surface area (Å²) in [7, 11) is 0. The van der Waals surface area contributed by atoms with Crippen LogP contribution in [0.2, 0.25) is 0 Å². The molecule has 1 aromatic carbocycles. The molecule has 4 heterocycles. The number of quaternary nitrogens is 1. The van der Waals surface area contributed by atoms with E-state index >= 15 is 0 Å². The first-order valence-electron chi connectivity index (χ1n) is 7.89. The normalized spacial score (nSPS) is 37.8. The van der Waals surface area contributed by atoms with E-state index < -0.39 is 0 Å².